The topological polar surface area (TPSA) is 42.0 Å². The zero-order chi connectivity index (χ0) is 13.0. The third-order valence-electron chi connectivity index (χ3n) is 2.98. The first-order chi connectivity index (χ1) is 8.70. The molecule has 0 atom stereocenters. The Hall–Kier alpha value is -1.74. The maximum absolute atomic E-state index is 12.0. The molecule has 2 aromatic rings. The highest BCUT2D eigenvalue weighted by atomic mass is 16.1. The third kappa shape index (κ3) is 2.93. The van der Waals surface area contributed by atoms with Crippen LogP contribution in [0.4, 0.5) is 0 Å². The lowest BCUT2D eigenvalue weighted by Crippen LogP contribution is -2.10. The van der Waals surface area contributed by atoms with Crippen LogP contribution in [-0.2, 0) is 0 Å². The molecule has 0 fully saturated rings. The maximum atomic E-state index is 12.0. The fraction of sp³-hybridized carbons (Fsp3) is 0.333. The molecular weight excluding hydrogens is 224 g/mol. The third-order valence-corrected chi connectivity index (χ3v) is 2.98. The zero-order valence-electron chi connectivity index (χ0n) is 10.9. The van der Waals surface area contributed by atoms with Crippen molar-refractivity contribution in [3.8, 4) is 0 Å². The summed E-state index contributed by atoms with van der Waals surface area (Å²) < 4.78 is 0. The molecule has 3 heteroatoms. The number of rotatable bonds is 5. The Morgan fingerprint density at radius 1 is 1.28 bits per heavy atom. The Morgan fingerprint density at radius 2 is 2.11 bits per heavy atom. The summed E-state index contributed by atoms with van der Waals surface area (Å²) in [6.07, 6.45) is 1.46. The van der Waals surface area contributed by atoms with E-state index in [4.69, 9.17) is 0 Å². The van der Waals surface area contributed by atoms with E-state index in [1.165, 1.54) is 0 Å². The molecule has 0 saturated heterocycles. The molecule has 0 aliphatic carbocycles. The predicted molar refractivity (Wildman–Crippen MR) is 74.0 cm³/mol. The van der Waals surface area contributed by atoms with Crippen LogP contribution in [0.15, 0.2) is 30.3 Å². The average Bonchev–Trinajstić information content (AvgIpc) is 2.38. The number of hydrogen-bond acceptors (Lipinski definition) is 3. The van der Waals surface area contributed by atoms with E-state index in [-0.39, 0.29) is 5.78 Å². The maximum Gasteiger partial charge on any atom is 0.162 e. The molecule has 0 amide bonds. The van der Waals surface area contributed by atoms with Crippen molar-refractivity contribution >= 4 is 16.7 Å². The van der Waals surface area contributed by atoms with Crippen molar-refractivity contribution in [2.24, 2.45) is 0 Å². The summed E-state index contributed by atoms with van der Waals surface area (Å²) in [6, 6.07) is 9.72. The lowest BCUT2D eigenvalue weighted by Gasteiger charge is -2.04. The van der Waals surface area contributed by atoms with Gasteiger partial charge in [0.25, 0.3) is 0 Å². The van der Waals surface area contributed by atoms with E-state index in [0.717, 1.165) is 35.1 Å². The van der Waals surface area contributed by atoms with Crippen molar-refractivity contribution < 1.29 is 4.79 Å². The molecule has 3 nitrogen and oxygen atoms in total. The van der Waals surface area contributed by atoms with Crippen LogP contribution in [0.5, 0.6) is 0 Å². The first kappa shape index (κ1) is 12.7. The number of aromatic nitrogens is 1. The second-order valence-electron chi connectivity index (χ2n) is 4.49. The van der Waals surface area contributed by atoms with Gasteiger partial charge in [0.2, 0.25) is 0 Å². The average molecular weight is 242 g/mol. The Balaban J connectivity index is 2.19. The minimum Gasteiger partial charge on any atom is -0.320 e. The molecule has 18 heavy (non-hydrogen) atoms. The highest BCUT2D eigenvalue weighted by molar-refractivity contribution is 5.99. The van der Waals surface area contributed by atoms with E-state index < -0.39 is 0 Å². The summed E-state index contributed by atoms with van der Waals surface area (Å²) in [6.45, 7) is 2.84. The Kier molecular flexibility index (Phi) is 4.05. The molecule has 1 aromatic carbocycles. The van der Waals surface area contributed by atoms with E-state index in [1.54, 1.807) is 0 Å². The standard InChI is InChI=1S/C15H18N2O/c1-11-5-6-12-10-13(7-8-14(12)17-11)15(18)4-3-9-16-2/h5-8,10,16H,3-4,9H2,1-2H3. The Bertz CT molecular complexity index is 563. The Labute approximate surface area is 107 Å². The molecule has 0 aliphatic heterocycles. The van der Waals surface area contributed by atoms with Gasteiger partial charge in [-0.25, -0.2) is 0 Å². The van der Waals surface area contributed by atoms with Gasteiger partial charge in [-0.1, -0.05) is 6.07 Å². The predicted octanol–water partition coefficient (Wildman–Crippen LogP) is 2.73. The molecule has 1 aromatic heterocycles. The normalized spacial score (nSPS) is 10.8. The number of ketones is 1. The van der Waals surface area contributed by atoms with Crippen LogP contribution in [0.3, 0.4) is 0 Å². The van der Waals surface area contributed by atoms with Gasteiger partial charge >= 0.3 is 0 Å². The molecule has 0 unspecified atom stereocenters. The molecule has 1 N–H and O–H groups in total. The fourth-order valence-electron chi connectivity index (χ4n) is 1.97. The number of benzene rings is 1. The molecule has 0 aliphatic rings. The van der Waals surface area contributed by atoms with Crippen LogP contribution in [-0.4, -0.2) is 24.4 Å². The van der Waals surface area contributed by atoms with Gasteiger partial charge < -0.3 is 5.32 Å². The second kappa shape index (κ2) is 5.74. The number of nitrogens with zero attached hydrogens (tertiary/aromatic N) is 1. The number of hydrogen-bond donors (Lipinski definition) is 1. The van der Waals surface area contributed by atoms with E-state index in [1.807, 2.05) is 44.3 Å². The highest BCUT2D eigenvalue weighted by Gasteiger charge is 2.06. The van der Waals surface area contributed by atoms with Crippen molar-refractivity contribution in [3.05, 3.63) is 41.6 Å². The van der Waals surface area contributed by atoms with E-state index in [0.29, 0.717) is 6.42 Å². The van der Waals surface area contributed by atoms with Crippen LogP contribution >= 0.6 is 0 Å². The van der Waals surface area contributed by atoms with Crippen LogP contribution in [0, 0.1) is 6.92 Å². The lowest BCUT2D eigenvalue weighted by molar-refractivity contribution is 0.0980. The summed E-state index contributed by atoms with van der Waals surface area (Å²) in [7, 11) is 1.90. The number of pyridine rings is 1. The van der Waals surface area contributed by atoms with Crippen LogP contribution < -0.4 is 5.32 Å². The summed E-state index contributed by atoms with van der Waals surface area (Å²) >= 11 is 0. The molecular formula is C15H18N2O. The van der Waals surface area contributed by atoms with Crippen molar-refractivity contribution in [2.45, 2.75) is 19.8 Å². The van der Waals surface area contributed by atoms with Gasteiger partial charge in [-0.3, -0.25) is 9.78 Å². The summed E-state index contributed by atoms with van der Waals surface area (Å²) in [5.41, 5.74) is 2.72. The van der Waals surface area contributed by atoms with Crippen LogP contribution in [0.1, 0.15) is 28.9 Å². The fourth-order valence-corrected chi connectivity index (χ4v) is 1.97. The molecule has 0 radical (unpaired) electrons. The lowest BCUT2D eigenvalue weighted by atomic mass is 10.0. The summed E-state index contributed by atoms with van der Waals surface area (Å²) in [5.74, 6) is 0.202. The first-order valence-corrected chi connectivity index (χ1v) is 6.26. The number of nitrogens with one attached hydrogen (secondary N) is 1. The van der Waals surface area contributed by atoms with E-state index >= 15 is 0 Å². The smallest absolute Gasteiger partial charge is 0.162 e. The molecule has 94 valence electrons. The second-order valence-corrected chi connectivity index (χ2v) is 4.49. The number of Topliss-reactive ketones (excluding diaryl/α,β-unsaturated/α-hetero) is 1. The largest absolute Gasteiger partial charge is 0.320 e. The van der Waals surface area contributed by atoms with Crippen molar-refractivity contribution in [1.29, 1.82) is 0 Å². The van der Waals surface area contributed by atoms with Crippen molar-refractivity contribution in [3.63, 3.8) is 0 Å². The van der Waals surface area contributed by atoms with E-state index in [9.17, 15) is 4.79 Å². The number of carbonyl (C=O) groups excluding carboxylic acids is 1. The molecule has 0 spiro atoms. The van der Waals surface area contributed by atoms with Gasteiger partial charge in [0.05, 0.1) is 5.52 Å². The zero-order valence-corrected chi connectivity index (χ0v) is 10.9. The van der Waals surface area contributed by atoms with Gasteiger partial charge in [-0.05, 0) is 51.2 Å². The molecule has 1 heterocycles. The van der Waals surface area contributed by atoms with Crippen molar-refractivity contribution in [2.75, 3.05) is 13.6 Å². The molecule has 2 rings (SSSR count). The van der Waals surface area contributed by atoms with Crippen LogP contribution in [0.25, 0.3) is 10.9 Å². The van der Waals surface area contributed by atoms with Gasteiger partial charge in [0.15, 0.2) is 5.78 Å². The van der Waals surface area contributed by atoms with Crippen LogP contribution in [0.2, 0.25) is 0 Å². The summed E-state index contributed by atoms with van der Waals surface area (Å²) in [5, 5.41) is 4.08. The van der Waals surface area contributed by atoms with Gasteiger partial charge in [0.1, 0.15) is 0 Å². The van der Waals surface area contributed by atoms with E-state index in [2.05, 4.69) is 10.3 Å². The van der Waals surface area contributed by atoms with Gasteiger partial charge in [0, 0.05) is 23.1 Å². The highest BCUT2D eigenvalue weighted by Crippen LogP contribution is 2.16. The minimum absolute atomic E-state index is 0.202. The quantitative estimate of drug-likeness (QED) is 0.647. The number of carbonyl (C=O) groups is 1. The molecule has 0 bridgehead atoms. The van der Waals surface area contributed by atoms with Gasteiger partial charge in [-0.2, -0.15) is 0 Å². The first-order valence-electron chi connectivity index (χ1n) is 6.26. The van der Waals surface area contributed by atoms with Crippen molar-refractivity contribution in [1.82, 2.24) is 10.3 Å². The monoisotopic (exact) mass is 242 g/mol. The summed E-state index contributed by atoms with van der Waals surface area (Å²) in [4.78, 5) is 16.4. The SMILES string of the molecule is CNCCCC(=O)c1ccc2nc(C)ccc2c1. The molecule has 0 saturated carbocycles. The Morgan fingerprint density at radius 3 is 2.89 bits per heavy atom. The number of aryl methyl sites for hydroxylation is 1. The van der Waals surface area contributed by atoms with Gasteiger partial charge in [-0.15, -0.1) is 0 Å². The minimum atomic E-state index is 0.202. The number of fused-ring (bicyclic) bond motifs is 1.